The topological polar surface area (TPSA) is 60.9 Å². The SMILES string of the molecule is CC1CN(S(=O)(=O)c2cc(F)ccc2CO)CC(C)N1C. The summed E-state index contributed by atoms with van der Waals surface area (Å²) in [5.74, 6) is -0.624. The highest BCUT2D eigenvalue weighted by Crippen LogP contribution is 2.25. The van der Waals surface area contributed by atoms with Gasteiger partial charge in [0.15, 0.2) is 0 Å². The maximum Gasteiger partial charge on any atom is 0.243 e. The average Bonchev–Trinajstić information content (AvgIpc) is 2.44. The number of hydrogen-bond acceptors (Lipinski definition) is 4. The molecule has 7 heteroatoms. The predicted molar refractivity (Wildman–Crippen MR) is 77.8 cm³/mol. The van der Waals surface area contributed by atoms with Crippen LogP contribution in [0.5, 0.6) is 0 Å². The second-order valence-corrected chi connectivity index (χ2v) is 7.50. The van der Waals surface area contributed by atoms with E-state index in [1.54, 1.807) is 0 Å². The van der Waals surface area contributed by atoms with Crippen LogP contribution >= 0.6 is 0 Å². The molecule has 0 aromatic heterocycles. The Morgan fingerprint density at radius 3 is 2.38 bits per heavy atom. The van der Waals surface area contributed by atoms with E-state index in [4.69, 9.17) is 0 Å². The Balaban J connectivity index is 2.41. The molecule has 2 rings (SSSR count). The molecular weight excluding hydrogens is 295 g/mol. The number of aliphatic hydroxyl groups excluding tert-OH is 1. The third-order valence-corrected chi connectivity index (χ3v) is 6.06. The minimum atomic E-state index is -3.81. The second-order valence-electron chi connectivity index (χ2n) is 5.60. The summed E-state index contributed by atoms with van der Waals surface area (Å²) in [6.07, 6.45) is 0. The molecule has 1 aliphatic rings. The van der Waals surface area contributed by atoms with Crippen LogP contribution in [0.3, 0.4) is 0 Å². The molecule has 1 aromatic carbocycles. The van der Waals surface area contributed by atoms with Gasteiger partial charge in [-0.2, -0.15) is 4.31 Å². The fraction of sp³-hybridized carbons (Fsp3) is 0.571. The molecule has 2 atom stereocenters. The van der Waals surface area contributed by atoms with Crippen LogP contribution in [0, 0.1) is 5.82 Å². The van der Waals surface area contributed by atoms with Crippen molar-refractivity contribution in [3.63, 3.8) is 0 Å². The molecule has 21 heavy (non-hydrogen) atoms. The van der Waals surface area contributed by atoms with Gasteiger partial charge in [-0.3, -0.25) is 4.90 Å². The lowest BCUT2D eigenvalue weighted by molar-refractivity contribution is 0.105. The average molecular weight is 316 g/mol. The zero-order valence-electron chi connectivity index (χ0n) is 12.5. The lowest BCUT2D eigenvalue weighted by Gasteiger charge is -2.41. The molecule has 1 saturated heterocycles. The normalized spacial score (nSPS) is 25.2. The number of rotatable bonds is 3. The van der Waals surface area contributed by atoms with Crippen molar-refractivity contribution in [1.29, 1.82) is 0 Å². The van der Waals surface area contributed by atoms with Gasteiger partial charge in [-0.1, -0.05) is 6.07 Å². The first-order valence-electron chi connectivity index (χ1n) is 6.88. The van der Waals surface area contributed by atoms with Gasteiger partial charge >= 0.3 is 0 Å². The van der Waals surface area contributed by atoms with Gasteiger partial charge in [-0.15, -0.1) is 0 Å². The molecule has 1 fully saturated rings. The number of halogens is 1. The Hall–Kier alpha value is -1.02. The Labute approximate surface area is 125 Å². The van der Waals surface area contributed by atoms with Gasteiger partial charge in [0.2, 0.25) is 10.0 Å². The summed E-state index contributed by atoms with van der Waals surface area (Å²) in [5, 5.41) is 9.30. The van der Waals surface area contributed by atoms with E-state index in [9.17, 15) is 17.9 Å². The third-order valence-electron chi connectivity index (χ3n) is 4.14. The number of hydrogen-bond donors (Lipinski definition) is 1. The van der Waals surface area contributed by atoms with Crippen molar-refractivity contribution in [1.82, 2.24) is 9.21 Å². The molecule has 0 saturated carbocycles. The molecule has 0 spiro atoms. The molecule has 118 valence electrons. The van der Waals surface area contributed by atoms with E-state index < -0.39 is 22.4 Å². The van der Waals surface area contributed by atoms with Crippen LogP contribution in [-0.2, 0) is 16.6 Å². The maximum atomic E-state index is 13.4. The minimum absolute atomic E-state index is 0.0784. The van der Waals surface area contributed by atoms with Gasteiger partial charge in [-0.25, -0.2) is 12.8 Å². The molecule has 2 unspecified atom stereocenters. The molecule has 1 aromatic rings. The van der Waals surface area contributed by atoms with Crippen molar-refractivity contribution in [3.8, 4) is 0 Å². The molecule has 5 nitrogen and oxygen atoms in total. The molecular formula is C14H21FN2O3S. The van der Waals surface area contributed by atoms with Gasteiger partial charge in [0.1, 0.15) is 5.82 Å². The standard InChI is InChI=1S/C14H21FN2O3S/c1-10-7-17(8-11(2)16(10)3)21(19,20)14-6-13(15)5-4-12(14)9-18/h4-6,10-11,18H,7-9H2,1-3H3. The van der Waals surface area contributed by atoms with E-state index in [2.05, 4.69) is 4.90 Å². The van der Waals surface area contributed by atoms with Crippen LogP contribution < -0.4 is 0 Å². The van der Waals surface area contributed by atoms with Crippen molar-refractivity contribution in [2.75, 3.05) is 20.1 Å². The zero-order chi connectivity index (χ0) is 15.8. The van der Waals surface area contributed by atoms with Crippen LogP contribution in [0.4, 0.5) is 4.39 Å². The quantitative estimate of drug-likeness (QED) is 0.905. The fourth-order valence-electron chi connectivity index (χ4n) is 2.59. The summed E-state index contributed by atoms with van der Waals surface area (Å²) in [6.45, 7) is 4.18. The summed E-state index contributed by atoms with van der Waals surface area (Å²) in [6, 6.07) is 3.60. The lowest BCUT2D eigenvalue weighted by atomic mass is 10.1. The second kappa shape index (κ2) is 6.00. The first-order valence-corrected chi connectivity index (χ1v) is 8.32. The van der Waals surface area contributed by atoms with Crippen molar-refractivity contribution in [3.05, 3.63) is 29.6 Å². The van der Waals surface area contributed by atoms with E-state index in [0.29, 0.717) is 13.1 Å². The minimum Gasteiger partial charge on any atom is -0.392 e. The van der Waals surface area contributed by atoms with Gasteiger partial charge < -0.3 is 5.11 Å². The van der Waals surface area contributed by atoms with E-state index in [1.807, 2.05) is 20.9 Å². The van der Waals surface area contributed by atoms with Gasteiger partial charge in [0, 0.05) is 25.2 Å². The van der Waals surface area contributed by atoms with Crippen molar-refractivity contribution >= 4 is 10.0 Å². The maximum absolute atomic E-state index is 13.4. The van der Waals surface area contributed by atoms with Crippen LogP contribution in [0.2, 0.25) is 0 Å². The number of piperazine rings is 1. The van der Waals surface area contributed by atoms with Crippen molar-refractivity contribution in [2.24, 2.45) is 0 Å². The van der Waals surface area contributed by atoms with Crippen LogP contribution in [-0.4, -0.2) is 55.0 Å². The summed E-state index contributed by atoms with van der Waals surface area (Å²) in [5.41, 5.74) is 0.218. The largest absolute Gasteiger partial charge is 0.392 e. The fourth-order valence-corrected chi connectivity index (χ4v) is 4.42. The zero-order valence-corrected chi connectivity index (χ0v) is 13.3. The first kappa shape index (κ1) is 16.4. The first-order chi connectivity index (χ1) is 9.77. The Morgan fingerprint density at radius 2 is 1.86 bits per heavy atom. The number of benzene rings is 1. The van der Waals surface area contributed by atoms with E-state index in [-0.39, 0.29) is 22.5 Å². The van der Waals surface area contributed by atoms with Gasteiger partial charge in [0.05, 0.1) is 11.5 Å². The molecule has 0 amide bonds. The highest BCUT2D eigenvalue weighted by Gasteiger charge is 2.35. The van der Waals surface area contributed by atoms with Crippen LogP contribution in [0.15, 0.2) is 23.1 Å². The molecule has 0 bridgehead atoms. The number of nitrogens with zero attached hydrogens (tertiary/aromatic N) is 2. The summed E-state index contributed by atoms with van der Waals surface area (Å²) < 4.78 is 40.3. The van der Waals surface area contributed by atoms with E-state index >= 15 is 0 Å². The predicted octanol–water partition coefficient (Wildman–Crippen LogP) is 1.03. The highest BCUT2D eigenvalue weighted by atomic mass is 32.2. The number of likely N-dealkylation sites (N-methyl/N-ethyl adjacent to an activating group) is 1. The molecule has 1 heterocycles. The monoisotopic (exact) mass is 316 g/mol. The highest BCUT2D eigenvalue weighted by molar-refractivity contribution is 7.89. The van der Waals surface area contributed by atoms with Crippen LogP contribution in [0.1, 0.15) is 19.4 Å². The summed E-state index contributed by atoms with van der Waals surface area (Å²) >= 11 is 0. The lowest BCUT2D eigenvalue weighted by Crippen LogP contribution is -2.56. The van der Waals surface area contributed by atoms with Crippen molar-refractivity contribution in [2.45, 2.75) is 37.4 Å². The van der Waals surface area contributed by atoms with E-state index in [0.717, 1.165) is 12.1 Å². The summed E-state index contributed by atoms with van der Waals surface area (Å²) in [4.78, 5) is 1.97. The molecule has 0 aliphatic carbocycles. The number of sulfonamides is 1. The van der Waals surface area contributed by atoms with Crippen LogP contribution in [0.25, 0.3) is 0 Å². The third kappa shape index (κ3) is 3.11. The van der Waals surface area contributed by atoms with Gasteiger partial charge in [-0.05, 0) is 38.6 Å². The Morgan fingerprint density at radius 1 is 1.29 bits per heavy atom. The Kier molecular flexibility index (Phi) is 4.67. The van der Waals surface area contributed by atoms with Crippen molar-refractivity contribution < 1.29 is 17.9 Å². The molecule has 1 aliphatic heterocycles. The van der Waals surface area contributed by atoms with E-state index in [1.165, 1.54) is 10.4 Å². The molecule has 0 radical (unpaired) electrons. The Bertz CT molecular complexity index is 609. The summed E-state index contributed by atoms with van der Waals surface area (Å²) in [7, 11) is -1.85. The number of aliphatic hydroxyl groups is 1. The molecule has 1 N–H and O–H groups in total. The van der Waals surface area contributed by atoms with Gasteiger partial charge in [0.25, 0.3) is 0 Å². The smallest absolute Gasteiger partial charge is 0.243 e.